The van der Waals surface area contributed by atoms with Crippen LogP contribution in [-0.4, -0.2) is 91.9 Å². The molecular formula is C34H42Co2N6O14+2. The average molecular weight is 877 g/mol. The number of carboxylic acid groups (broad SMARTS) is 4. The zero-order valence-electron chi connectivity index (χ0n) is 29.1. The molecule has 0 aliphatic heterocycles. The SMILES string of the molecule is O.O.O.O.O=C([O-])CN(CC(=O)[O-])c1ccc(N(CC(=O)[O-])CC(=O)[O-])cc1.[Co+2].[Co+2].[OH3+].[OH3+].c1ccc(-c2ccccn2)nc1.c1ccc(-c2ccccn2)nc1. The number of pyridine rings is 4. The van der Waals surface area contributed by atoms with E-state index in [4.69, 9.17) is 0 Å². The molecule has 22 heteroatoms. The summed E-state index contributed by atoms with van der Waals surface area (Å²) >= 11 is 0. The minimum absolute atomic E-state index is 0. The van der Waals surface area contributed by atoms with Crippen molar-refractivity contribution in [3.63, 3.8) is 0 Å². The Hall–Kier alpha value is -5.93. The molecule has 0 spiro atoms. The zero-order valence-corrected chi connectivity index (χ0v) is 31.2. The molecule has 0 bridgehead atoms. The van der Waals surface area contributed by atoms with E-state index < -0.39 is 50.1 Å². The van der Waals surface area contributed by atoms with Gasteiger partial charge in [0.1, 0.15) is 0 Å². The summed E-state index contributed by atoms with van der Waals surface area (Å²) < 4.78 is 0. The van der Waals surface area contributed by atoms with Crippen LogP contribution in [0.5, 0.6) is 0 Å². The van der Waals surface area contributed by atoms with Gasteiger partial charge >= 0.3 is 33.6 Å². The van der Waals surface area contributed by atoms with Gasteiger partial charge in [-0.15, -0.1) is 0 Å². The van der Waals surface area contributed by atoms with Crippen LogP contribution in [0.2, 0.25) is 0 Å². The number of nitrogens with zero attached hydrogens (tertiary/aromatic N) is 6. The summed E-state index contributed by atoms with van der Waals surface area (Å²) in [7, 11) is 0. The maximum absolute atomic E-state index is 10.7. The van der Waals surface area contributed by atoms with Crippen LogP contribution < -0.4 is 30.2 Å². The summed E-state index contributed by atoms with van der Waals surface area (Å²) in [6.45, 7) is -2.80. The molecule has 0 saturated heterocycles. The Bertz CT molecular complexity index is 1520. The first-order chi connectivity index (χ1) is 23.1. The molecule has 4 heterocycles. The second-order valence-electron chi connectivity index (χ2n) is 9.58. The number of carbonyl (C=O) groups excluding carboxylic acids is 4. The first-order valence-corrected chi connectivity index (χ1v) is 14.2. The minimum atomic E-state index is -1.50. The van der Waals surface area contributed by atoms with Gasteiger partial charge in [-0.1, -0.05) is 24.3 Å². The van der Waals surface area contributed by atoms with Gasteiger partial charge < -0.3 is 82.3 Å². The molecule has 0 atom stereocenters. The molecule has 4 aromatic heterocycles. The Morgan fingerprint density at radius 3 is 0.732 bits per heavy atom. The molecule has 0 amide bonds. The Balaban J connectivity index is -0.000000168. The van der Waals surface area contributed by atoms with E-state index in [1.165, 1.54) is 24.3 Å². The molecule has 56 heavy (non-hydrogen) atoms. The molecule has 1 aromatic carbocycles. The summed E-state index contributed by atoms with van der Waals surface area (Å²) in [5.74, 6) is -6.02. The molecule has 0 aliphatic rings. The van der Waals surface area contributed by atoms with Gasteiger partial charge in [0.05, 0.1) is 72.8 Å². The first-order valence-electron chi connectivity index (χ1n) is 14.2. The van der Waals surface area contributed by atoms with Crippen LogP contribution in [0.3, 0.4) is 0 Å². The van der Waals surface area contributed by atoms with Gasteiger partial charge in [0.2, 0.25) is 0 Å². The second kappa shape index (κ2) is 33.6. The number of hydrogen-bond donors (Lipinski definition) is 0. The van der Waals surface area contributed by atoms with Crippen molar-refractivity contribution >= 4 is 35.3 Å². The second-order valence-corrected chi connectivity index (χ2v) is 9.58. The largest absolute Gasteiger partial charge is 2.00 e. The van der Waals surface area contributed by atoms with Crippen LogP contribution in [0.25, 0.3) is 22.8 Å². The predicted octanol–water partition coefficient (Wildman–Crippen LogP) is -6.56. The van der Waals surface area contributed by atoms with Crippen molar-refractivity contribution in [2.75, 3.05) is 36.0 Å². The van der Waals surface area contributed by atoms with Crippen LogP contribution in [-0.2, 0) is 63.7 Å². The van der Waals surface area contributed by atoms with Gasteiger partial charge in [-0.2, -0.15) is 0 Å². The topological polar surface area (TPSA) is 411 Å². The summed E-state index contributed by atoms with van der Waals surface area (Å²) in [4.78, 5) is 61.3. The fourth-order valence-corrected chi connectivity index (χ4v) is 4.03. The fraction of sp³-hybridized carbons (Fsp3) is 0.118. The van der Waals surface area contributed by atoms with E-state index in [1.807, 2.05) is 72.8 Å². The predicted molar refractivity (Wildman–Crippen MR) is 190 cm³/mol. The Morgan fingerprint density at radius 1 is 0.393 bits per heavy atom. The third-order valence-corrected chi connectivity index (χ3v) is 6.04. The number of hydrogen-bond acceptors (Lipinski definition) is 14. The van der Waals surface area contributed by atoms with E-state index in [0.717, 1.165) is 32.6 Å². The Morgan fingerprint density at radius 2 is 0.589 bits per heavy atom. The monoisotopic (exact) mass is 876 g/mol. The first kappa shape index (κ1) is 62.1. The summed E-state index contributed by atoms with van der Waals surface area (Å²) in [6.07, 6.45) is 7.07. The van der Waals surface area contributed by atoms with Crippen molar-refractivity contribution in [1.82, 2.24) is 19.9 Å². The summed E-state index contributed by atoms with van der Waals surface area (Å²) in [6, 6.07) is 28.4. The van der Waals surface area contributed by atoms with Crippen LogP contribution >= 0.6 is 0 Å². The van der Waals surface area contributed by atoms with Gasteiger partial charge in [0.25, 0.3) is 0 Å². The normalized spacial score (nSPS) is 8.43. The standard InChI is InChI=1S/C14H16N2O8.2C10H8N2.2Co.6H2O/c17-11(18)5-15(6-12(19)20)9-1-2-10(4-3-9)16(7-13(21)22)8-14(23)24;2*1-3-7-11-9(5-1)10-6-2-4-8-12-10;;;;;;;;/h1-4H,5-8H2,(H,17,18)(H,19,20)(H,21,22)(H,23,24);2*1-8H;;;6*1H2/q;;;2*+2;;;;;;/p-2. The molecule has 0 aliphatic carbocycles. The van der Waals surface area contributed by atoms with Gasteiger partial charge in [0, 0.05) is 36.2 Å². The van der Waals surface area contributed by atoms with Gasteiger partial charge in [-0.25, -0.2) is 0 Å². The van der Waals surface area contributed by atoms with Gasteiger partial charge in [-0.3, -0.25) is 19.9 Å². The molecule has 20 nitrogen and oxygen atoms in total. The van der Waals surface area contributed by atoms with Crippen molar-refractivity contribution in [2.45, 2.75) is 0 Å². The molecule has 308 valence electrons. The third-order valence-electron chi connectivity index (χ3n) is 6.04. The third kappa shape index (κ3) is 23.0. The number of carboxylic acids is 4. The maximum Gasteiger partial charge on any atom is 2.00 e. The van der Waals surface area contributed by atoms with E-state index in [9.17, 15) is 39.6 Å². The number of aromatic nitrogens is 4. The van der Waals surface area contributed by atoms with Gasteiger partial charge in [-0.05, 0) is 72.8 Å². The van der Waals surface area contributed by atoms with Crippen molar-refractivity contribution in [1.29, 1.82) is 0 Å². The van der Waals surface area contributed by atoms with Crippen LogP contribution in [0.15, 0.2) is 122 Å². The van der Waals surface area contributed by atoms with Crippen molar-refractivity contribution in [3.8, 4) is 22.8 Å². The molecule has 5 aromatic rings. The fourth-order valence-electron chi connectivity index (χ4n) is 4.03. The molecule has 14 N–H and O–H groups in total. The van der Waals surface area contributed by atoms with Crippen molar-refractivity contribution < 1.29 is 106 Å². The number of aliphatic carboxylic acids is 4. The van der Waals surface area contributed by atoms with E-state index in [2.05, 4.69) is 19.9 Å². The molecule has 5 rings (SSSR count). The van der Waals surface area contributed by atoms with Crippen LogP contribution in [0.1, 0.15) is 0 Å². The summed E-state index contributed by atoms with van der Waals surface area (Å²) in [5.41, 5.74) is 4.04. The van der Waals surface area contributed by atoms with E-state index >= 15 is 0 Å². The number of carbonyl (C=O) groups is 4. The molecule has 0 unspecified atom stereocenters. The molecule has 0 saturated carbocycles. The maximum atomic E-state index is 10.7. The summed E-state index contributed by atoms with van der Waals surface area (Å²) in [5, 5.41) is 42.7. The average Bonchev–Trinajstić information content (AvgIpc) is 3.09. The van der Waals surface area contributed by atoms with E-state index in [-0.39, 0.29) is 77.8 Å². The van der Waals surface area contributed by atoms with Gasteiger partial charge in [0.15, 0.2) is 0 Å². The smallest absolute Gasteiger partial charge is 0.548 e. The van der Waals surface area contributed by atoms with E-state index in [1.54, 1.807) is 24.8 Å². The van der Waals surface area contributed by atoms with Crippen molar-refractivity contribution in [3.05, 3.63) is 122 Å². The number of anilines is 2. The van der Waals surface area contributed by atoms with Crippen molar-refractivity contribution in [2.24, 2.45) is 0 Å². The van der Waals surface area contributed by atoms with Crippen LogP contribution in [0, 0.1) is 0 Å². The molecule has 0 fully saturated rings. The zero-order chi connectivity index (χ0) is 34.7. The molecular weight excluding hydrogens is 834 g/mol. The quantitative estimate of drug-likeness (QED) is 0.105. The Kier molecular flexibility index (Phi) is 37.3. The molecule has 2 radical (unpaired) electrons. The Labute approximate surface area is 340 Å². The minimum Gasteiger partial charge on any atom is -0.548 e. The van der Waals surface area contributed by atoms with E-state index in [0.29, 0.717) is 0 Å². The number of rotatable bonds is 12. The van der Waals surface area contributed by atoms with Crippen LogP contribution in [0.4, 0.5) is 11.4 Å². The number of benzene rings is 1.